The van der Waals surface area contributed by atoms with E-state index >= 15 is 0 Å². The second-order valence-corrected chi connectivity index (χ2v) is 11.5. The van der Waals surface area contributed by atoms with Crippen molar-refractivity contribution in [3.8, 4) is 5.75 Å². The molecule has 2 aliphatic carbocycles. The molecule has 2 amide bonds. The molecule has 2 fully saturated rings. The summed E-state index contributed by atoms with van der Waals surface area (Å²) in [5, 5.41) is 19.6. The number of anilines is 1. The van der Waals surface area contributed by atoms with E-state index in [0.717, 1.165) is 37.6 Å². The Labute approximate surface area is 198 Å². The summed E-state index contributed by atoms with van der Waals surface area (Å²) in [5.74, 6) is 0.529. The summed E-state index contributed by atoms with van der Waals surface area (Å²) in [7, 11) is -2.04. The van der Waals surface area contributed by atoms with Crippen LogP contribution in [0.4, 0.5) is 10.6 Å². The number of carboxylic acid groups (broad SMARTS) is 1. The van der Waals surface area contributed by atoms with Crippen LogP contribution >= 0.6 is 0 Å². The number of sulfone groups is 1. The Morgan fingerprint density at radius 3 is 2.65 bits per heavy atom. The topological polar surface area (TPSA) is 142 Å². The molecule has 34 heavy (non-hydrogen) atoms. The first-order valence-electron chi connectivity index (χ1n) is 11.2. The molecule has 2 saturated carbocycles. The maximum Gasteiger partial charge on any atom is 0.408 e. The lowest BCUT2D eigenvalue weighted by Gasteiger charge is -2.32. The van der Waals surface area contributed by atoms with Crippen LogP contribution in [0.5, 0.6) is 5.75 Å². The number of nitrogens with zero attached hydrogens (tertiary/aromatic N) is 2. The largest absolute Gasteiger partial charge is 0.497 e. The number of methoxy groups -OCH3 is 1. The average Bonchev–Trinajstić information content (AvgIpc) is 3.14. The van der Waals surface area contributed by atoms with Crippen LogP contribution in [0.15, 0.2) is 29.2 Å². The lowest BCUT2D eigenvalue weighted by atomic mass is 10.0. The van der Waals surface area contributed by atoms with Gasteiger partial charge in [0.2, 0.25) is 5.91 Å². The number of hydrogen-bond donors (Lipinski definition) is 3. The molecule has 0 saturated heterocycles. The number of ether oxygens (including phenoxy) is 1. The summed E-state index contributed by atoms with van der Waals surface area (Å²) >= 11 is 0. The predicted octanol–water partition coefficient (Wildman–Crippen LogP) is 3.17. The summed E-state index contributed by atoms with van der Waals surface area (Å²) in [5.41, 5.74) is 0.946. The number of benzene rings is 1. The van der Waals surface area contributed by atoms with Gasteiger partial charge in [0.15, 0.2) is 15.7 Å². The van der Waals surface area contributed by atoms with Crippen LogP contribution in [-0.2, 0) is 21.1 Å². The van der Waals surface area contributed by atoms with Crippen LogP contribution in [0.1, 0.15) is 56.2 Å². The quantitative estimate of drug-likeness (QED) is 0.516. The normalized spacial score (nSPS) is 21.1. The smallest absolute Gasteiger partial charge is 0.408 e. The van der Waals surface area contributed by atoms with Crippen LogP contribution in [0.3, 0.4) is 0 Å². The molecule has 2 aliphatic rings. The first-order valence-corrected chi connectivity index (χ1v) is 13.1. The Bertz CT molecular complexity index is 1200. The minimum absolute atomic E-state index is 0.0289. The van der Waals surface area contributed by atoms with E-state index in [0.29, 0.717) is 23.6 Å². The fraction of sp³-hybridized carbons (Fsp3) is 0.522. The average molecular weight is 491 g/mol. The molecule has 3 N–H and O–H groups in total. The number of carbonyl (C=O) groups is 2. The molecule has 2 unspecified atom stereocenters. The van der Waals surface area contributed by atoms with Gasteiger partial charge in [0, 0.05) is 35.5 Å². The number of hydrogen-bond acceptors (Lipinski definition) is 6. The highest BCUT2D eigenvalue weighted by Gasteiger charge is 2.50. The fourth-order valence-corrected chi connectivity index (χ4v) is 5.80. The minimum Gasteiger partial charge on any atom is -0.497 e. The molecule has 0 radical (unpaired) electrons. The van der Waals surface area contributed by atoms with Crippen molar-refractivity contribution in [2.24, 2.45) is 0 Å². The molecule has 0 aliphatic heterocycles. The van der Waals surface area contributed by atoms with E-state index in [4.69, 9.17) is 4.74 Å². The van der Waals surface area contributed by atoms with Gasteiger partial charge in [0.1, 0.15) is 5.75 Å². The van der Waals surface area contributed by atoms with Gasteiger partial charge >= 0.3 is 6.09 Å². The number of aromatic nitrogens is 2. The molecule has 0 spiro atoms. The van der Waals surface area contributed by atoms with Crippen LogP contribution in [-0.4, -0.2) is 65.6 Å². The summed E-state index contributed by atoms with van der Waals surface area (Å²) < 4.78 is 29.4. The highest BCUT2D eigenvalue weighted by molar-refractivity contribution is 7.90. The molecule has 10 nitrogen and oxygen atoms in total. The summed E-state index contributed by atoms with van der Waals surface area (Å²) in [6, 6.07) is 6.25. The minimum atomic E-state index is -3.51. The second-order valence-electron chi connectivity index (χ2n) is 9.49. The van der Waals surface area contributed by atoms with Crippen molar-refractivity contribution in [1.82, 2.24) is 15.1 Å². The number of carbonyl (C=O) groups excluding carboxylic acids is 1. The zero-order valence-electron chi connectivity index (χ0n) is 19.5. The summed E-state index contributed by atoms with van der Waals surface area (Å²) in [6.45, 7) is 2.00. The van der Waals surface area contributed by atoms with Gasteiger partial charge < -0.3 is 15.2 Å². The van der Waals surface area contributed by atoms with E-state index in [1.807, 2.05) is 6.92 Å². The highest BCUT2D eigenvalue weighted by Crippen LogP contribution is 2.47. The standard InChI is InChI=1S/C23H30N4O6S/c1-23(8-9-23)27(22(29)30)16-5-4-14(10-16)18-13-20(26-25-18)24-21(28)12-15-11-17(33-2)6-7-19(15)34(3,31)32/h6-7,11,13-14,16H,4-5,8-10,12H2,1-3H3,(H,29,30)(H2,24,25,26,28). The maximum atomic E-state index is 12.7. The van der Waals surface area contributed by atoms with Gasteiger partial charge in [-0.15, -0.1) is 0 Å². The van der Waals surface area contributed by atoms with Gasteiger partial charge in [-0.3, -0.25) is 14.8 Å². The lowest BCUT2D eigenvalue weighted by molar-refractivity contribution is -0.115. The number of H-pyrrole nitrogens is 1. The Morgan fingerprint density at radius 1 is 1.29 bits per heavy atom. The van der Waals surface area contributed by atoms with Crippen LogP contribution in [0, 0.1) is 0 Å². The predicted molar refractivity (Wildman–Crippen MR) is 125 cm³/mol. The number of rotatable bonds is 8. The first-order chi connectivity index (χ1) is 16.0. The maximum absolute atomic E-state index is 12.7. The molecular weight excluding hydrogens is 460 g/mol. The Kier molecular flexibility index (Phi) is 6.32. The Hall–Kier alpha value is -3.08. The monoisotopic (exact) mass is 490 g/mol. The van der Waals surface area contributed by atoms with Crippen molar-refractivity contribution in [2.75, 3.05) is 18.7 Å². The number of nitrogens with one attached hydrogen (secondary N) is 2. The van der Waals surface area contributed by atoms with Gasteiger partial charge in [0.05, 0.1) is 18.4 Å². The Balaban J connectivity index is 1.41. The third kappa shape index (κ3) is 5.03. The van der Waals surface area contributed by atoms with Gasteiger partial charge in [-0.1, -0.05) is 0 Å². The molecule has 1 aromatic heterocycles. The van der Waals surface area contributed by atoms with Gasteiger partial charge in [0.25, 0.3) is 0 Å². The third-order valence-electron chi connectivity index (χ3n) is 6.85. The molecule has 1 aromatic carbocycles. The van der Waals surface area contributed by atoms with E-state index in [1.165, 1.54) is 13.2 Å². The van der Waals surface area contributed by atoms with Crippen molar-refractivity contribution in [1.29, 1.82) is 0 Å². The number of aromatic amines is 1. The van der Waals surface area contributed by atoms with Crippen molar-refractivity contribution < 1.29 is 27.9 Å². The molecule has 1 heterocycles. The van der Waals surface area contributed by atoms with E-state index in [1.54, 1.807) is 23.1 Å². The molecule has 4 rings (SSSR count). The fourth-order valence-electron chi connectivity index (χ4n) is 4.88. The SMILES string of the molecule is COc1ccc(S(C)(=O)=O)c(CC(=O)Nc2cc(C3CCC(N(C(=O)O)C4(C)CC4)C3)[nH]n2)c1. The highest BCUT2D eigenvalue weighted by atomic mass is 32.2. The number of amides is 2. The van der Waals surface area contributed by atoms with Crippen molar-refractivity contribution in [3.63, 3.8) is 0 Å². The summed E-state index contributed by atoms with van der Waals surface area (Å²) in [6.07, 6.45) is 4.20. The van der Waals surface area contributed by atoms with Crippen molar-refractivity contribution in [2.45, 2.75) is 67.8 Å². The van der Waals surface area contributed by atoms with Crippen LogP contribution in [0.2, 0.25) is 0 Å². The molecule has 2 atom stereocenters. The lowest BCUT2D eigenvalue weighted by Crippen LogP contribution is -2.45. The zero-order chi connectivity index (χ0) is 24.7. The van der Waals surface area contributed by atoms with Crippen molar-refractivity contribution >= 4 is 27.7 Å². The van der Waals surface area contributed by atoms with Crippen molar-refractivity contribution in [3.05, 3.63) is 35.5 Å². The van der Waals surface area contributed by atoms with E-state index in [-0.39, 0.29) is 28.8 Å². The molecule has 184 valence electrons. The van der Waals surface area contributed by atoms with E-state index in [2.05, 4.69) is 15.5 Å². The van der Waals surface area contributed by atoms with E-state index in [9.17, 15) is 23.1 Å². The molecule has 11 heteroatoms. The van der Waals surface area contributed by atoms with Gasteiger partial charge in [-0.2, -0.15) is 5.10 Å². The zero-order valence-corrected chi connectivity index (χ0v) is 20.3. The van der Waals surface area contributed by atoms with E-state index < -0.39 is 21.8 Å². The molecular formula is C23H30N4O6S. The van der Waals surface area contributed by atoms with Gasteiger partial charge in [-0.25, -0.2) is 13.2 Å². The second kappa shape index (κ2) is 8.94. The third-order valence-corrected chi connectivity index (χ3v) is 8.05. The first kappa shape index (κ1) is 24.1. The summed E-state index contributed by atoms with van der Waals surface area (Å²) in [4.78, 5) is 26.2. The molecule has 0 bridgehead atoms. The van der Waals surface area contributed by atoms with Gasteiger partial charge in [-0.05, 0) is 62.8 Å². The Morgan fingerprint density at radius 2 is 2.03 bits per heavy atom. The molecule has 2 aromatic rings. The van der Waals surface area contributed by atoms with Crippen LogP contribution in [0.25, 0.3) is 0 Å². The van der Waals surface area contributed by atoms with Crippen LogP contribution < -0.4 is 10.1 Å².